The van der Waals surface area contributed by atoms with Crippen molar-refractivity contribution in [1.29, 1.82) is 0 Å². The van der Waals surface area contributed by atoms with Crippen LogP contribution in [0.3, 0.4) is 0 Å². The fourth-order valence-electron chi connectivity index (χ4n) is 3.77. The average molecular weight is 457 g/mol. The van der Waals surface area contributed by atoms with Crippen molar-refractivity contribution in [2.24, 2.45) is 0 Å². The lowest BCUT2D eigenvalue weighted by molar-refractivity contribution is 0.0670. The Morgan fingerprint density at radius 1 is 1.09 bits per heavy atom. The molecule has 0 radical (unpaired) electrons. The third-order valence-electron chi connectivity index (χ3n) is 5.50. The second-order valence-corrected chi connectivity index (χ2v) is 9.88. The topological polar surface area (TPSA) is 98.9 Å². The Labute approximate surface area is 186 Å². The first-order chi connectivity index (χ1) is 15.4. The van der Waals surface area contributed by atoms with Crippen LogP contribution in [0.25, 0.3) is 11.3 Å². The molecule has 0 N–H and O–H groups in total. The summed E-state index contributed by atoms with van der Waals surface area (Å²) in [5, 5.41) is 3.97. The van der Waals surface area contributed by atoms with Gasteiger partial charge < -0.3 is 18.9 Å². The second-order valence-electron chi connectivity index (χ2n) is 7.65. The molecule has 1 aliphatic heterocycles. The number of methoxy groups -OCH3 is 2. The molecule has 0 bridgehead atoms. The van der Waals surface area contributed by atoms with E-state index in [0.717, 1.165) is 11.1 Å². The number of carbonyl (C=O) groups excluding carboxylic acids is 1. The van der Waals surface area contributed by atoms with Crippen molar-refractivity contribution >= 4 is 15.7 Å². The molecule has 0 saturated carbocycles. The van der Waals surface area contributed by atoms with Crippen LogP contribution in [0.2, 0.25) is 0 Å². The molecule has 8 nitrogen and oxygen atoms in total. The maximum atomic E-state index is 13.4. The molecule has 2 aromatic carbocycles. The number of carbonyl (C=O) groups is 1. The van der Waals surface area contributed by atoms with Crippen molar-refractivity contribution < 1.29 is 27.2 Å². The van der Waals surface area contributed by atoms with Crippen molar-refractivity contribution in [2.75, 3.05) is 25.7 Å². The lowest BCUT2D eigenvalue weighted by Gasteiger charge is -2.27. The van der Waals surface area contributed by atoms with Crippen LogP contribution in [0.1, 0.15) is 22.5 Å². The summed E-state index contributed by atoms with van der Waals surface area (Å²) in [5.41, 5.74) is 1.71. The van der Waals surface area contributed by atoms with Gasteiger partial charge in [0.1, 0.15) is 11.5 Å². The third-order valence-corrected chi connectivity index (χ3v) is 7.25. The minimum Gasteiger partial charge on any atom is -0.497 e. The largest absolute Gasteiger partial charge is 0.497 e. The number of hydrogen-bond donors (Lipinski definition) is 0. The van der Waals surface area contributed by atoms with Crippen molar-refractivity contribution in [1.82, 2.24) is 10.1 Å². The minimum atomic E-state index is -3.18. The molecule has 4 rings (SSSR count). The number of sulfone groups is 1. The van der Waals surface area contributed by atoms with E-state index in [2.05, 4.69) is 5.16 Å². The van der Waals surface area contributed by atoms with Crippen molar-refractivity contribution in [3.05, 3.63) is 65.9 Å². The van der Waals surface area contributed by atoms with Gasteiger partial charge in [0.25, 0.3) is 5.91 Å². The molecule has 0 spiro atoms. The first kappa shape index (κ1) is 21.9. The maximum Gasteiger partial charge on any atom is 0.276 e. The Morgan fingerprint density at radius 2 is 1.84 bits per heavy atom. The van der Waals surface area contributed by atoms with Crippen LogP contribution in [0, 0.1) is 0 Å². The molecular weight excluding hydrogens is 432 g/mol. The number of hydrogen-bond acceptors (Lipinski definition) is 7. The highest BCUT2D eigenvalue weighted by molar-refractivity contribution is 7.91. The monoisotopic (exact) mass is 456 g/mol. The van der Waals surface area contributed by atoms with Gasteiger partial charge in [0.05, 0.1) is 25.7 Å². The molecule has 1 saturated heterocycles. The summed E-state index contributed by atoms with van der Waals surface area (Å²) >= 11 is 0. The smallest absolute Gasteiger partial charge is 0.276 e. The zero-order valence-corrected chi connectivity index (χ0v) is 18.7. The van der Waals surface area contributed by atoms with E-state index < -0.39 is 15.9 Å². The van der Waals surface area contributed by atoms with Gasteiger partial charge in [0.2, 0.25) is 0 Å². The lowest BCUT2D eigenvalue weighted by atomic mass is 10.1. The van der Waals surface area contributed by atoms with Gasteiger partial charge in [-0.2, -0.15) is 0 Å². The van der Waals surface area contributed by atoms with Gasteiger partial charge in [-0.15, -0.1) is 0 Å². The first-order valence-electron chi connectivity index (χ1n) is 10.1. The van der Waals surface area contributed by atoms with E-state index >= 15 is 0 Å². The highest BCUT2D eigenvalue weighted by Gasteiger charge is 2.36. The fourth-order valence-corrected chi connectivity index (χ4v) is 5.50. The molecule has 1 aliphatic rings. The van der Waals surface area contributed by atoms with Crippen molar-refractivity contribution in [3.63, 3.8) is 0 Å². The summed E-state index contributed by atoms with van der Waals surface area (Å²) in [5.74, 6) is 1.44. The standard InChI is InChI=1S/C23H24N2O6S/c1-29-19-8-6-17(7-9-19)22-13-21(24-31-22)23(26)25(18-10-11-32(27,28)15-18)14-16-4-3-5-20(12-16)30-2/h3-9,12-13,18H,10-11,14-15H2,1-2H3/t18-/m0/s1. The van der Waals surface area contributed by atoms with Crippen LogP contribution in [0.4, 0.5) is 0 Å². The van der Waals surface area contributed by atoms with Crippen LogP contribution in [-0.2, 0) is 16.4 Å². The molecule has 168 valence electrons. The quantitative estimate of drug-likeness (QED) is 0.538. The van der Waals surface area contributed by atoms with Gasteiger partial charge in [0.15, 0.2) is 21.3 Å². The molecule has 1 atom stereocenters. The van der Waals surface area contributed by atoms with Gasteiger partial charge in [-0.3, -0.25) is 4.79 Å². The Bertz CT molecular complexity index is 1200. The lowest BCUT2D eigenvalue weighted by Crippen LogP contribution is -2.40. The number of aromatic nitrogens is 1. The molecule has 2 heterocycles. The van der Waals surface area contributed by atoms with E-state index in [4.69, 9.17) is 14.0 Å². The van der Waals surface area contributed by atoms with Crippen LogP contribution in [0.15, 0.2) is 59.1 Å². The van der Waals surface area contributed by atoms with Gasteiger partial charge in [-0.25, -0.2) is 8.42 Å². The van der Waals surface area contributed by atoms with Gasteiger partial charge in [-0.1, -0.05) is 17.3 Å². The van der Waals surface area contributed by atoms with E-state index in [0.29, 0.717) is 23.7 Å². The molecule has 9 heteroatoms. The second kappa shape index (κ2) is 9.04. The highest BCUT2D eigenvalue weighted by Crippen LogP contribution is 2.26. The molecule has 0 aliphatic carbocycles. The number of rotatable bonds is 7. The van der Waals surface area contributed by atoms with E-state index in [9.17, 15) is 13.2 Å². The Hall–Kier alpha value is -3.33. The SMILES string of the molecule is COc1ccc(-c2cc(C(=O)N(Cc3cccc(OC)c3)[C@H]3CCS(=O)(=O)C3)no2)cc1. The van der Waals surface area contributed by atoms with Crippen molar-refractivity contribution in [2.45, 2.75) is 19.0 Å². The van der Waals surface area contributed by atoms with Crippen LogP contribution in [-0.4, -0.2) is 56.1 Å². The average Bonchev–Trinajstić information content (AvgIpc) is 3.44. The Kier molecular flexibility index (Phi) is 6.18. The number of nitrogens with zero attached hydrogens (tertiary/aromatic N) is 2. The van der Waals surface area contributed by atoms with E-state index in [1.165, 1.54) is 0 Å². The molecule has 1 fully saturated rings. The summed E-state index contributed by atoms with van der Waals surface area (Å²) in [6.45, 7) is 0.237. The van der Waals surface area contributed by atoms with Gasteiger partial charge >= 0.3 is 0 Å². The number of amides is 1. The Balaban J connectivity index is 1.61. The van der Waals surface area contributed by atoms with E-state index in [1.54, 1.807) is 37.3 Å². The summed E-state index contributed by atoms with van der Waals surface area (Å²) in [7, 11) is -0.0252. The molecular formula is C23H24N2O6S. The normalized spacial score (nSPS) is 17.1. The Morgan fingerprint density at radius 3 is 2.50 bits per heavy atom. The third kappa shape index (κ3) is 4.77. The zero-order valence-electron chi connectivity index (χ0n) is 17.9. The molecule has 32 heavy (non-hydrogen) atoms. The molecule has 0 unspecified atom stereocenters. The molecule has 1 aromatic heterocycles. The number of ether oxygens (including phenoxy) is 2. The van der Waals surface area contributed by atoms with Crippen LogP contribution in [0.5, 0.6) is 11.5 Å². The van der Waals surface area contributed by atoms with E-state index in [-0.39, 0.29) is 29.7 Å². The summed E-state index contributed by atoms with van der Waals surface area (Å²) in [4.78, 5) is 15.0. The summed E-state index contributed by atoms with van der Waals surface area (Å²) < 4.78 is 40.0. The first-order valence-corrected chi connectivity index (χ1v) is 12.0. The molecule has 3 aromatic rings. The predicted molar refractivity (Wildman–Crippen MR) is 118 cm³/mol. The minimum absolute atomic E-state index is 0.0636. The van der Waals surface area contributed by atoms with Gasteiger partial charge in [0, 0.05) is 24.2 Å². The molecule has 1 amide bonds. The zero-order chi connectivity index (χ0) is 22.7. The fraction of sp³-hybridized carbons (Fsp3) is 0.304. The predicted octanol–water partition coefficient (Wildman–Crippen LogP) is 3.19. The van der Waals surface area contributed by atoms with Crippen molar-refractivity contribution in [3.8, 4) is 22.8 Å². The summed E-state index contributed by atoms with van der Waals surface area (Å²) in [6.07, 6.45) is 0.390. The van der Waals surface area contributed by atoms with Crippen LogP contribution >= 0.6 is 0 Å². The van der Waals surface area contributed by atoms with Gasteiger partial charge in [-0.05, 0) is 48.4 Å². The van der Waals surface area contributed by atoms with E-state index in [1.807, 2.05) is 36.4 Å². The maximum absolute atomic E-state index is 13.4. The summed E-state index contributed by atoms with van der Waals surface area (Å²) in [6, 6.07) is 15.7. The number of benzene rings is 2. The van der Waals surface area contributed by atoms with Crippen LogP contribution < -0.4 is 9.47 Å². The highest BCUT2D eigenvalue weighted by atomic mass is 32.2.